The number of thiophene rings is 1. The fourth-order valence-corrected chi connectivity index (χ4v) is 5.02. The topological polar surface area (TPSA) is 66.8 Å². The van der Waals surface area contributed by atoms with Gasteiger partial charge in [-0.15, -0.1) is 11.3 Å². The summed E-state index contributed by atoms with van der Waals surface area (Å²) in [4.78, 5) is 12.3. The molecule has 0 fully saturated rings. The standard InChI is InChI=1S/C28H26O4S/c1-4-19(28(30)31)15-18-9-12-21(13-10-18)32-26-24-14-11-20(29)16-25(24)33-27(26)23-8-6-5-7-22(23)17(2)3/h5-17,29H,4H2,1-3H3,(H,30,31)/b19-15+. The third-order valence-corrected chi connectivity index (χ3v) is 6.72. The minimum atomic E-state index is -0.903. The van der Waals surface area contributed by atoms with Crippen LogP contribution in [0, 0.1) is 0 Å². The van der Waals surface area contributed by atoms with Crippen molar-refractivity contribution in [3.63, 3.8) is 0 Å². The van der Waals surface area contributed by atoms with Crippen molar-refractivity contribution in [1.29, 1.82) is 0 Å². The van der Waals surface area contributed by atoms with Gasteiger partial charge >= 0.3 is 5.97 Å². The van der Waals surface area contributed by atoms with Crippen LogP contribution in [0.5, 0.6) is 17.2 Å². The van der Waals surface area contributed by atoms with Gasteiger partial charge < -0.3 is 14.9 Å². The van der Waals surface area contributed by atoms with Gasteiger partial charge in [0.1, 0.15) is 11.5 Å². The van der Waals surface area contributed by atoms with E-state index in [0.717, 1.165) is 31.8 Å². The van der Waals surface area contributed by atoms with Gasteiger partial charge in [0.2, 0.25) is 0 Å². The van der Waals surface area contributed by atoms with E-state index in [2.05, 4.69) is 26.0 Å². The van der Waals surface area contributed by atoms with Gasteiger partial charge in [0.05, 0.1) is 4.88 Å². The van der Waals surface area contributed by atoms with Crippen LogP contribution in [0.2, 0.25) is 0 Å². The van der Waals surface area contributed by atoms with E-state index >= 15 is 0 Å². The number of phenols is 1. The van der Waals surface area contributed by atoms with Crippen LogP contribution in [0.4, 0.5) is 0 Å². The molecule has 4 nitrogen and oxygen atoms in total. The van der Waals surface area contributed by atoms with Crippen molar-refractivity contribution < 1.29 is 19.7 Å². The van der Waals surface area contributed by atoms with Crippen molar-refractivity contribution in [1.82, 2.24) is 0 Å². The summed E-state index contributed by atoms with van der Waals surface area (Å²) in [5.41, 5.74) is 3.53. The summed E-state index contributed by atoms with van der Waals surface area (Å²) in [6.45, 7) is 6.17. The predicted molar refractivity (Wildman–Crippen MR) is 135 cm³/mol. The van der Waals surface area contributed by atoms with Gasteiger partial charge in [-0.1, -0.05) is 57.2 Å². The highest BCUT2D eigenvalue weighted by Gasteiger charge is 2.20. The Balaban J connectivity index is 1.78. The molecule has 0 amide bonds. The highest BCUT2D eigenvalue weighted by atomic mass is 32.1. The lowest BCUT2D eigenvalue weighted by molar-refractivity contribution is -0.132. The normalized spacial score (nSPS) is 11.8. The summed E-state index contributed by atoms with van der Waals surface area (Å²) in [5.74, 6) is 1.09. The molecule has 0 aliphatic carbocycles. The molecule has 5 heteroatoms. The predicted octanol–water partition coefficient (Wildman–Crippen LogP) is 8.07. The van der Waals surface area contributed by atoms with E-state index in [1.165, 1.54) is 5.56 Å². The van der Waals surface area contributed by atoms with E-state index in [1.807, 2.05) is 49.4 Å². The molecule has 0 unspecified atom stereocenters. The minimum absolute atomic E-state index is 0.222. The molecule has 33 heavy (non-hydrogen) atoms. The largest absolute Gasteiger partial charge is 0.508 e. The molecule has 0 spiro atoms. The number of hydrogen-bond donors (Lipinski definition) is 2. The quantitative estimate of drug-likeness (QED) is 0.275. The van der Waals surface area contributed by atoms with E-state index < -0.39 is 5.97 Å². The second kappa shape index (κ2) is 9.51. The lowest BCUT2D eigenvalue weighted by Gasteiger charge is -2.14. The van der Waals surface area contributed by atoms with Gasteiger partial charge in [-0.2, -0.15) is 0 Å². The Morgan fingerprint density at radius 1 is 1.06 bits per heavy atom. The average molecular weight is 459 g/mol. The number of benzene rings is 3. The highest BCUT2D eigenvalue weighted by molar-refractivity contribution is 7.22. The maximum absolute atomic E-state index is 11.3. The van der Waals surface area contributed by atoms with Crippen molar-refractivity contribution in [3.8, 4) is 27.7 Å². The molecular weight excluding hydrogens is 432 g/mol. The molecule has 1 heterocycles. The molecule has 1 aromatic heterocycles. The third kappa shape index (κ3) is 4.78. The van der Waals surface area contributed by atoms with Gasteiger partial charge in [-0.3, -0.25) is 0 Å². The number of hydrogen-bond acceptors (Lipinski definition) is 4. The van der Waals surface area contributed by atoms with Gasteiger partial charge in [-0.25, -0.2) is 4.79 Å². The number of carbonyl (C=O) groups is 1. The zero-order valence-corrected chi connectivity index (χ0v) is 19.6. The smallest absolute Gasteiger partial charge is 0.331 e. The number of carboxylic acid groups (broad SMARTS) is 1. The van der Waals surface area contributed by atoms with Crippen LogP contribution in [-0.4, -0.2) is 16.2 Å². The van der Waals surface area contributed by atoms with Crippen molar-refractivity contribution in [2.75, 3.05) is 0 Å². The van der Waals surface area contributed by atoms with E-state index in [9.17, 15) is 15.0 Å². The minimum Gasteiger partial charge on any atom is -0.508 e. The van der Waals surface area contributed by atoms with Crippen molar-refractivity contribution in [2.24, 2.45) is 0 Å². The highest BCUT2D eigenvalue weighted by Crippen LogP contribution is 2.48. The fourth-order valence-electron chi connectivity index (χ4n) is 3.81. The molecular formula is C28H26O4S. The van der Waals surface area contributed by atoms with Crippen LogP contribution in [0.15, 0.2) is 72.3 Å². The summed E-state index contributed by atoms with van der Waals surface area (Å²) in [7, 11) is 0. The van der Waals surface area contributed by atoms with E-state index in [-0.39, 0.29) is 5.75 Å². The summed E-state index contributed by atoms with van der Waals surface area (Å²) >= 11 is 1.60. The number of phenolic OH excluding ortho intramolecular Hbond substituents is 1. The Hall–Kier alpha value is -3.57. The molecule has 3 aromatic carbocycles. The van der Waals surface area contributed by atoms with E-state index in [0.29, 0.717) is 23.7 Å². The van der Waals surface area contributed by atoms with E-state index in [1.54, 1.807) is 29.5 Å². The Morgan fingerprint density at radius 2 is 1.79 bits per heavy atom. The zero-order chi connectivity index (χ0) is 23.5. The Morgan fingerprint density at radius 3 is 2.45 bits per heavy atom. The molecule has 168 valence electrons. The van der Waals surface area contributed by atoms with Crippen LogP contribution in [0.25, 0.3) is 26.6 Å². The van der Waals surface area contributed by atoms with Crippen LogP contribution < -0.4 is 4.74 Å². The maximum atomic E-state index is 11.3. The number of aromatic hydroxyl groups is 1. The Labute approximate surface area is 197 Å². The molecule has 0 aliphatic rings. The summed E-state index contributed by atoms with van der Waals surface area (Å²) < 4.78 is 7.37. The SMILES string of the molecule is CC/C(=C\c1ccc(Oc2c(-c3ccccc3C(C)C)sc3cc(O)ccc23)cc1)C(=O)O. The molecule has 0 saturated heterocycles. The average Bonchev–Trinajstić information content (AvgIpc) is 3.15. The van der Waals surface area contributed by atoms with Crippen LogP contribution in [0.1, 0.15) is 44.2 Å². The number of rotatable bonds is 7. The number of carboxylic acids is 1. The van der Waals surface area contributed by atoms with Crippen molar-refractivity contribution in [3.05, 3.63) is 83.4 Å². The maximum Gasteiger partial charge on any atom is 0.331 e. The first kappa shape index (κ1) is 22.6. The van der Waals surface area contributed by atoms with E-state index in [4.69, 9.17) is 4.74 Å². The lowest BCUT2D eigenvalue weighted by atomic mass is 9.96. The van der Waals surface area contributed by atoms with Crippen LogP contribution in [0.3, 0.4) is 0 Å². The first-order valence-electron chi connectivity index (χ1n) is 10.9. The lowest BCUT2D eigenvalue weighted by Crippen LogP contribution is -1.98. The molecule has 4 aromatic rings. The first-order valence-corrected chi connectivity index (χ1v) is 11.8. The Bertz CT molecular complexity index is 1330. The number of aliphatic carboxylic acids is 1. The van der Waals surface area contributed by atoms with Gasteiger partial charge in [0, 0.05) is 15.7 Å². The van der Waals surface area contributed by atoms with Gasteiger partial charge in [-0.05, 0) is 65.4 Å². The number of fused-ring (bicyclic) bond motifs is 1. The molecule has 0 saturated carbocycles. The van der Waals surface area contributed by atoms with Gasteiger partial charge in [0.15, 0.2) is 5.75 Å². The number of ether oxygens (including phenoxy) is 1. The van der Waals surface area contributed by atoms with Crippen molar-refractivity contribution in [2.45, 2.75) is 33.1 Å². The molecule has 4 rings (SSSR count). The molecule has 0 atom stereocenters. The summed E-state index contributed by atoms with van der Waals surface area (Å²) in [5, 5.41) is 20.2. The summed E-state index contributed by atoms with van der Waals surface area (Å²) in [6.07, 6.45) is 2.14. The fraction of sp³-hybridized carbons (Fsp3) is 0.179. The summed E-state index contributed by atoms with van der Waals surface area (Å²) in [6, 6.07) is 21.1. The molecule has 0 radical (unpaired) electrons. The monoisotopic (exact) mass is 458 g/mol. The van der Waals surface area contributed by atoms with Crippen LogP contribution >= 0.6 is 11.3 Å². The molecule has 0 aliphatic heterocycles. The Kier molecular flexibility index (Phi) is 6.52. The first-order chi connectivity index (χ1) is 15.9. The molecule has 0 bridgehead atoms. The van der Waals surface area contributed by atoms with Crippen LogP contribution in [-0.2, 0) is 4.79 Å². The second-order valence-corrected chi connectivity index (χ2v) is 9.23. The molecule has 2 N–H and O–H groups in total. The van der Waals surface area contributed by atoms with Crippen molar-refractivity contribution >= 4 is 33.5 Å². The van der Waals surface area contributed by atoms with Gasteiger partial charge in [0.25, 0.3) is 0 Å². The second-order valence-electron chi connectivity index (χ2n) is 8.18. The third-order valence-electron chi connectivity index (χ3n) is 5.55. The zero-order valence-electron chi connectivity index (χ0n) is 18.8.